The van der Waals surface area contributed by atoms with Gasteiger partial charge < -0.3 is 15.8 Å². The number of hydrogen-bond acceptors (Lipinski definition) is 3. The number of anilines is 1. The van der Waals surface area contributed by atoms with E-state index in [1.54, 1.807) is 0 Å². The highest BCUT2D eigenvalue weighted by Crippen LogP contribution is 2.27. The fourth-order valence-electron chi connectivity index (χ4n) is 2.12. The van der Waals surface area contributed by atoms with Crippen LogP contribution in [0.2, 0.25) is 0 Å². The van der Waals surface area contributed by atoms with Crippen LogP contribution in [0.4, 0.5) is 5.69 Å². The van der Waals surface area contributed by atoms with Gasteiger partial charge in [-0.3, -0.25) is 0 Å². The van der Waals surface area contributed by atoms with E-state index in [9.17, 15) is 0 Å². The zero-order valence-corrected chi connectivity index (χ0v) is 9.43. The van der Waals surface area contributed by atoms with Crippen LogP contribution in [-0.2, 0) is 6.42 Å². The van der Waals surface area contributed by atoms with Gasteiger partial charge in [-0.05, 0) is 18.1 Å². The first kappa shape index (κ1) is 10.8. The first-order valence-electron chi connectivity index (χ1n) is 5.52. The maximum atomic E-state index is 8.62. The van der Waals surface area contributed by atoms with Gasteiger partial charge in [0.15, 0.2) is 0 Å². The van der Waals surface area contributed by atoms with Crippen LogP contribution in [0.3, 0.4) is 0 Å². The Hall–Kier alpha value is -1.71. The molecule has 0 aromatic heterocycles. The van der Waals surface area contributed by atoms with Crippen molar-refractivity contribution in [2.45, 2.75) is 13.3 Å². The molecular formula is C12H17N3O. The summed E-state index contributed by atoms with van der Waals surface area (Å²) in [4.78, 5) is 2.29. The van der Waals surface area contributed by atoms with Crippen LogP contribution in [0.1, 0.15) is 12.5 Å². The van der Waals surface area contributed by atoms with Gasteiger partial charge in [-0.15, -0.1) is 0 Å². The number of nitrogens with two attached hydrogens (primary N) is 1. The van der Waals surface area contributed by atoms with Crippen LogP contribution in [0.25, 0.3) is 0 Å². The minimum Gasteiger partial charge on any atom is -0.409 e. The molecule has 0 amide bonds. The van der Waals surface area contributed by atoms with E-state index < -0.39 is 0 Å². The zero-order chi connectivity index (χ0) is 11.5. The summed E-state index contributed by atoms with van der Waals surface area (Å²) in [5.41, 5.74) is 8.25. The van der Waals surface area contributed by atoms with Crippen molar-refractivity contribution in [3.05, 3.63) is 29.8 Å². The van der Waals surface area contributed by atoms with Crippen molar-refractivity contribution in [3.63, 3.8) is 0 Å². The second-order valence-corrected chi connectivity index (χ2v) is 4.25. The van der Waals surface area contributed by atoms with E-state index in [2.05, 4.69) is 28.3 Å². The Morgan fingerprint density at radius 1 is 1.56 bits per heavy atom. The summed E-state index contributed by atoms with van der Waals surface area (Å²) in [6.45, 7) is 3.78. The smallest absolute Gasteiger partial charge is 0.143 e. The lowest BCUT2D eigenvalue weighted by Gasteiger charge is -2.22. The molecule has 0 saturated heterocycles. The van der Waals surface area contributed by atoms with Gasteiger partial charge in [-0.25, -0.2) is 0 Å². The number of amidine groups is 1. The van der Waals surface area contributed by atoms with Crippen LogP contribution < -0.4 is 10.6 Å². The van der Waals surface area contributed by atoms with Crippen LogP contribution in [-0.4, -0.2) is 24.1 Å². The lowest BCUT2D eigenvalue weighted by molar-refractivity contribution is 0.314. The number of para-hydroxylation sites is 1. The zero-order valence-electron chi connectivity index (χ0n) is 9.43. The molecule has 4 heteroatoms. The molecule has 0 bridgehead atoms. The van der Waals surface area contributed by atoms with Crippen molar-refractivity contribution in [2.75, 3.05) is 18.0 Å². The van der Waals surface area contributed by atoms with E-state index in [0.29, 0.717) is 5.84 Å². The average Bonchev–Trinajstić information content (AvgIpc) is 2.72. The predicted octanol–water partition coefficient (Wildman–Crippen LogP) is 1.43. The summed E-state index contributed by atoms with van der Waals surface area (Å²) in [7, 11) is 0. The largest absolute Gasteiger partial charge is 0.409 e. The molecule has 16 heavy (non-hydrogen) atoms. The van der Waals surface area contributed by atoms with Gasteiger partial charge >= 0.3 is 0 Å². The van der Waals surface area contributed by atoms with Gasteiger partial charge in [-0.1, -0.05) is 30.3 Å². The number of fused-ring (bicyclic) bond motifs is 1. The summed E-state index contributed by atoms with van der Waals surface area (Å²) in [5.74, 6) is 0.362. The van der Waals surface area contributed by atoms with Gasteiger partial charge in [0.05, 0.1) is 0 Å². The van der Waals surface area contributed by atoms with Crippen LogP contribution in [0.5, 0.6) is 0 Å². The molecule has 0 spiro atoms. The fourth-order valence-corrected chi connectivity index (χ4v) is 2.12. The minimum atomic E-state index is 0.0659. The van der Waals surface area contributed by atoms with Crippen molar-refractivity contribution in [2.24, 2.45) is 16.8 Å². The van der Waals surface area contributed by atoms with Gasteiger partial charge in [0.25, 0.3) is 0 Å². The second-order valence-electron chi connectivity index (χ2n) is 4.25. The quantitative estimate of drug-likeness (QED) is 0.350. The molecule has 1 atom stereocenters. The molecular weight excluding hydrogens is 202 g/mol. The molecule has 1 heterocycles. The molecule has 3 N–H and O–H groups in total. The Kier molecular flexibility index (Phi) is 2.99. The summed E-state index contributed by atoms with van der Waals surface area (Å²) in [6, 6.07) is 8.39. The van der Waals surface area contributed by atoms with E-state index in [0.717, 1.165) is 19.5 Å². The number of benzene rings is 1. The molecule has 1 unspecified atom stereocenters. The van der Waals surface area contributed by atoms with Crippen molar-refractivity contribution in [1.82, 2.24) is 0 Å². The monoisotopic (exact) mass is 219 g/mol. The third-order valence-electron chi connectivity index (χ3n) is 3.10. The van der Waals surface area contributed by atoms with Crippen LogP contribution >= 0.6 is 0 Å². The number of hydrogen-bond donors (Lipinski definition) is 2. The molecule has 86 valence electrons. The van der Waals surface area contributed by atoms with Crippen molar-refractivity contribution < 1.29 is 5.21 Å². The van der Waals surface area contributed by atoms with E-state index in [1.165, 1.54) is 11.3 Å². The Morgan fingerprint density at radius 3 is 3.06 bits per heavy atom. The van der Waals surface area contributed by atoms with Gasteiger partial charge in [0, 0.05) is 24.7 Å². The third kappa shape index (κ3) is 1.96. The van der Waals surface area contributed by atoms with Crippen molar-refractivity contribution in [3.8, 4) is 0 Å². The average molecular weight is 219 g/mol. The molecule has 0 radical (unpaired) electrons. The maximum absolute atomic E-state index is 8.62. The minimum absolute atomic E-state index is 0.0659. The molecule has 1 aromatic carbocycles. The molecule has 1 aromatic rings. The Morgan fingerprint density at radius 2 is 2.31 bits per heavy atom. The number of nitrogens with zero attached hydrogens (tertiary/aromatic N) is 2. The fraction of sp³-hybridized carbons (Fsp3) is 0.417. The molecule has 0 saturated carbocycles. The topological polar surface area (TPSA) is 61.8 Å². The van der Waals surface area contributed by atoms with Crippen LogP contribution in [0, 0.1) is 5.92 Å². The highest BCUT2D eigenvalue weighted by atomic mass is 16.4. The predicted molar refractivity (Wildman–Crippen MR) is 64.9 cm³/mol. The maximum Gasteiger partial charge on any atom is 0.143 e. The highest BCUT2D eigenvalue weighted by Gasteiger charge is 2.21. The van der Waals surface area contributed by atoms with Crippen molar-refractivity contribution >= 4 is 11.5 Å². The molecule has 1 aliphatic heterocycles. The summed E-state index contributed by atoms with van der Waals surface area (Å²) in [6.07, 6.45) is 1.08. The summed E-state index contributed by atoms with van der Waals surface area (Å²) in [5, 5.41) is 11.7. The van der Waals surface area contributed by atoms with Gasteiger partial charge in [-0.2, -0.15) is 0 Å². The summed E-state index contributed by atoms with van der Waals surface area (Å²) < 4.78 is 0. The van der Waals surface area contributed by atoms with E-state index in [4.69, 9.17) is 10.9 Å². The lowest BCUT2D eigenvalue weighted by Crippen LogP contribution is -2.34. The number of rotatable bonds is 3. The SMILES string of the molecule is CC(CN1CCc2ccccc21)/C(N)=N/O. The second kappa shape index (κ2) is 4.43. The van der Waals surface area contributed by atoms with E-state index >= 15 is 0 Å². The lowest BCUT2D eigenvalue weighted by atomic mass is 10.1. The van der Waals surface area contributed by atoms with Gasteiger partial charge in [0.1, 0.15) is 5.84 Å². The van der Waals surface area contributed by atoms with Gasteiger partial charge in [0.2, 0.25) is 0 Å². The normalized spacial score (nSPS) is 17.3. The standard InChI is InChI=1S/C12H17N3O/c1-9(12(13)14-16)8-15-7-6-10-4-2-3-5-11(10)15/h2-5,9,16H,6-8H2,1H3,(H2,13,14). The van der Waals surface area contributed by atoms with Crippen LogP contribution in [0.15, 0.2) is 29.4 Å². The first-order valence-corrected chi connectivity index (χ1v) is 5.52. The van der Waals surface area contributed by atoms with E-state index in [1.807, 2.05) is 13.0 Å². The Labute approximate surface area is 95.4 Å². The molecule has 2 rings (SSSR count). The molecule has 0 fully saturated rings. The molecule has 4 nitrogen and oxygen atoms in total. The highest BCUT2D eigenvalue weighted by molar-refractivity contribution is 5.82. The van der Waals surface area contributed by atoms with E-state index in [-0.39, 0.29) is 5.92 Å². The molecule has 1 aliphatic rings. The van der Waals surface area contributed by atoms with Crippen molar-refractivity contribution in [1.29, 1.82) is 0 Å². The Balaban J connectivity index is 2.09. The molecule has 0 aliphatic carbocycles. The third-order valence-corrected chi connectivity index (χ3v) is 3.10. The Bertz CT molecular complexity index is 403. The summed E-state index contributed by atoms with van der Waals surface area (Å²) >= 11 is 0. The number of oxime groups is 1. The first-order chi connectivity index (χ1) is 7.72.